The second-order valence-electron chi connectivity index (χ2n) is 7.40. The van der Waals surface area contributed by atoms with Gasteiger partial charge in [-0.3, -0.25) is 15.0 Å². The van der Waals surface area contributed by atoms with E-state index >= 15 is 0 Å². The third kappa shape index (κ3) is 7.69. The fourth-order valence-corrected chi connectivity index (χ4v) is 3.18. The molecule has 138 valence electrons. The SMILES string of the molecule is CC(C)CCNC(=O)NC(=O)CN1CCC(Cc2ccccc2)CC1. The van der Waals surface area contributed by atoms with Gasteiger partial charge in [0.2, 0.25) is 5.91 Å². The van der Waals surface area contributed by atoms with Crippen molar-refractivity contribution in [2.45, 2.75) is 39.5 Å². The van der Waals surface area contributed by atoms with Gasteiger partial charge in [0.1, 0.15) is 0 Å². The third-order valence-corrected chi connectivity index (χ3v) is 4.70. The van der Waals surface area contributed by atoms with E-state index < -0.39 is 0 Å². The van der Waals surface area contributed by atoms with Crippen LogP contribution in [0.2, 0.25) is 0 Å². The highest BCUT2D eigenvalue weighted by atomic mass is 16.2. The normalized spacial score (nSPS) is 16.0. The molecule has 1 saturated heterocycles. The number of imide groups is 1. The van der Waals surface area contributed by atoms with Crippen molar-refractivity contribution < 1.29 is 9.59 Å². The Bertz CT molecular complexity index is 537. The number of urea groups is 1. The first-order valence-corrected chi connectivity index (χ1v) is 9.37. The molecule has 1 aromatic carbocycles. The van der Waals surface area contributed by atoms with Crippen LogP contribution in [0.5, 0.6) is 0 Å². The molecule has 1 aliphatic heterocycles. The Morgan fingerprint density at radius 3 is 2.48 bits per heavy atom. The summed E-state index contributed by atoms with van der Waals surface area (Å²) in [6.45, 7) is 6.94. The minimum absolute atomic E-state index is 0.219. The van der Waals surface area contributed by atoms with Gasteiger partial charge >= 0.3 is 6.03 Å². The maximum Gasteiger partial charge on any atom is 0.321 e. The molecule has 2 N–H and O–H groups in total. The lowest BCUT2D eigenvalue weighted by Crippen LogP contribution is -2.46. The molecule has 0 aromatic heterocycles. The van der Waals surface area contributed by atoms with Crippen molar-refractivity contribution in [1.82, 2.24) is 15.5 Å². The number of carbonyl (C=O) groups is 2. The summed E-state index contributed by atoms with van der Waals surface area (Å²) in [7, 11) is 0. The third-order valence-electron chi connectivity index (χ3n) is 4.70. The van der Waals surface area contributed by atoms with Gasteiger partial charge in [0.25, 0.3) is 0 Å². The molecule has 3 amide bonds. The number of likely N-dealkylation sites (tertiary alicyclic amines) is 1. The quantitative estimate of drug-likeness (QED) is 0.799. The summed E-state index contributed by atoms with van der Waals surface area (Å²) in [5.41, 5.74) is 1.39. The van der Waals surface area contributed by atoms with E-state index in [1.54, 1.807) is 0 Å². The van der Waals surface area contributed by atoms with E-state index in [1.807, 2.05) is 6.07 Å². The van der Waals surface area contributed by atoms with E-state index in [0.29, 0.717) is 24.9 Å². The molecule has 1 fully saturated rings. The number of amides is 3. The van der Waals surface area contributed by atoms with Crippen LogP contribution in [0.15, 0.2) is 30.3 Å². The first-order valence-electron chi connectivity index (χ1n) is 9.37. The van der Waals surface area contributed by atoms with Crippen molar-refractivity contribution in [2.75, 3.05) is 26.2 Å². The van der Waals surface area contributed by atoms with Gasteiger partial charge in [-0.1, -0.05) is 44.2 Å². The van der Waals surface area contributed by atoms with E-state index in [4.69, 9.17) is 0 Å². The summed E-state index contributed by atoms with van der Waals surface area (Å²) in [6, 6.07) is 10.2. The molecule has 0 aliphatic carbocycles. The first-order chi connectivity index (χ1) is 12.0. The Hall–Kier alpha value is -1.88. The fraction of sp³-hybridized carbons (Fsp3) is 0.600. The van der Waals surface area contributed by atoms with Crippen LogP contribution in [-0.2, 0) is 11.2 Å². The monoisotopic (exact) mass is 345 g/mol. The van der Waals surface area contributed by atoms with Crippen LogP contribution in [0.3, 0.4) is 0 Å². The average molecular weight is 345 g/mol. The highest BCUT2D eigenvalue weighted by Gasteiger charge is 2.21. The summed E-state index contributed by atoms with van der Waals surface area (Å²) >= 11 is 0. The zero-order valence-electron chi connectivity index (χ0n) is 15.5. The first kappa shape index (κ1) is 19.4. The van der Waals surface area contributed by atoms with Gasteiger partial charge in [-0.15, -0.1) is 0 Å². The van der Waals surface area contributed by atoms with Crippen LogP contribution < -0.4 is 10.6 Å². The standard InChI is InChI=1S/C20H31N3O2/c1-16(2)8-11-21-20(25)22-19(24)15-23-12-9-18(10-13-23)14-17-6-4-3-5-7-17/h3-7,16,18H,8-15H2,1-2H3,(H2,21,22,24,25). The van der Waals surface area contributed by atoms with E-state index in [2.05, 4.69) is 53.6 Å². The summed E-state index contributed by atoms with van der Waals surface area (Å²) in [6.07, 6.45) is 4.22. The molecule has 1 aromatic rings. The predicted molar refractivity (Wildman–Crippen MR) is 100 cm³/mol. The van der Waals surface area contributed by atoms with E-state index in [1.165, 1.54) is 5.56 Å². The van der Waals surface area contributed by atoms with Crippen molar-refractivity contribution in [3.8, 4) is 0 Å². The molecule has 0 unspecified atom stereocenters. The Morgan fingerprint density at radius 2 is 1.84 bits per heavy atom. The summed E-state index contributed by atoms with van der Waals surface area (Å²) in [5.74, 6) is 0.998. The molecule has 25 heavy (non-hydrogen) atoms. The van der Waals surface area contributed by atoms with Crippen molar-refractivity contribution in [3.63, 3.8) is 0 Å². The van der Waals surface area contributed by atoms with Crippen LogP contribution in [-0.4, -0.2) is 43.0 Å². The van der Waals surface area contributed by atoms with Gasteiger partial charge in [0.15, 0.2) is 0 Å². The number of carbonyl (C=O) groups excluding carboxylic acids is 2. The molecule has 0 radical (unpaired) electrons. The second-order valence-corrected chi connectivity index (χ2v) is 7.40. The number of benzene rings is 1. The molecule has 2 rings (SSSR count). The van der Waals surface area contributed by atoms with E-state index in [-0.39, 0.29) is 11.9 Å². The lowest BCUT2D eigenvalue weighted by molar-refractivity contribution is -0.121. The summed E-state index contributed by atoms with van der Waals surface area (Å²) in [5, 5.41) is 5.15. The Kier molecular flexibility index (Phi) is 7.92. The molecule has 1 aliphatic rings. The van der Waals surface area contributed by atoms with Gasteiger partial charge in [0, 0.05) is 6.54 Å². The highest BCUT2D eigenvalue weighted by molar-refractivity contribution is 5.95. The zero-order chi connectivity index (χ0) is 18.1. The van der Waals surface area contributed by atoms with Crippen LogP contribution >= 0.6 is 0 Å². The largest absolute Gasteiger partial charge is 0.338 e. The van der Waals surface area contributed by atoms with Crippen molar-refractivity contribution in [3.05, 3.63) is 35.9 Å². The maximum absolute atomic E-state index is 12.0. The van der Waals surface area contributed by atoms with Gasteiger partial charge < -0.3 is 5.32 Å². The number of hydrogen-bond donors (Lipinski definition) is 2. The van der Waals surface area contributed by atoms with Crippen molar-refractivity contribution >= 4 is 11.9 Å². The smallest absolute Gasteiger partial charge is 0.321 e. The predicted octanol–water partition coefficient (Wildman–Crippen LogP) is 2.81. The van der Waals surface area contributed by atoms with Crippen molar-refractivity contribution in [1.29, 1.82) is 0 Å². The molecule has 5 nitrogen and oxygen atoms in total. The minimum Gasteiger partial charge on any atom is -0.338 e. The van der Waals surface area contributed by atoms with E-state index in [9.17, 15) is 9.59 Å². The molecule has 0 atom stereocenters. The summed E-state index contributed by atoms with van der Waals surface area (Å²) < 4.78 is 0. The lowest BCUT2D eigenvalue weighted by Gasteiger charge is -2.31. The summed E-state index contributed by atoms with van der Waals surface area (Å²) in [4.78, 5) is 25.8. The molecular weight excluding hydrogens is 314 g/mol. The number of nitrogens with one attached hydrogen (secondary N) is 2. The molecular formula is C20H31N3O2. The molecule has 0 spiro atoms. The van der Waals surface area contributed by atoms with Crippen LogP contribution in [0.4, 0.5) is 4.79 Å². The van der Waals surface area contributed by atoms with Gasteiger partial charge in [-0.25, -0.2) is 4.79 Å². The Balaban J connectivity index is 1.62. The number of nitrogens with zero attached hydrogens (tertiary/aromatic N) is 1. The minimum atomic E-state index is -0.385. The van der Waals surface area contributed by atoms with Crippen molar-refractivity contribution in [2.24, 2.45) is 11.8 Å². The van der Waals surface area contributed by atoms with Crippen LogP contribution in [0, 0.1) is 11.8 Å². The van der Waals surface area contributed by atoms with Gasteiger partial charge in [0.05, 0.1) is 6.54 Å². The van der Waals surface area contributed by atoms with Crippen LogP contribution in [0.1, 0.15) is 38.7 Å². The molecule has 0 saturated carbocycles. The number of piperidine rings is 1. The van der Waals surface area contributed by atoms with Gasteiger partial charge in [-0.2, -0.15) is 0 Å². The Labute approximate surface area is 151 Å². The molecule has 5 heteroatoms. The number of rotatable bonds is 7. The van der Waals surface area contributed by atoms with E-state index in [0.717, 1.165) is 38.8 Å². The number of hydrogen-bond acceptors (Lipinski definition) is 3. The molecule has 0 bridgehead atoms. The molecule has 1 heterocycles. The highest BCUT2D eigenvalue weighted by Crippen LogP contribution is 2.21. The fourth-order valence-electron chi connectivity index (χ4n) is 3.18. The lowest BCUT2D eigenvalue weighted by atomic mass is 9.90. The van der Waals surface area contributed by atoms with Gasteiger partial charge in [-0.05, 0) is 56.2 Å². The Morgan fingerprint density at radius 1 is 1.16 bits per heavy atom. The zero-order valence-corrected chi connectivity index (χ0v) is 15.5. The second kappa shape index (κ2) is 10.2. The maximum atomic E-state index is 12.0. The topological polar surface area (TPSA) is 61.4 Å². The van der Waals surface area contributed by atoms with Crippen LogP contribution in [0.25, 0.3) is 0 Å². The average Bonchev–Trinajstić information content (AvgIpc) is 2.57.